The van der Waals surface area contributed by atoms with Crippen LogP contribution in [0.5, 0.6) is 17.2 Å². The minimum atomic E-state index is -3.62. The maximum Gasteiger partial charge on any atom is 0.241 e. The summed E-state index contributed by atoms with van der Waals surface area (Å²) in [4.78, 5) is 0.210. The molecule has 134 valence electrons. The average Bonchev–Trinajstić information content (AvgIpc) is 3.01. The molecule has 0 amide bonds. The maximum absolute atomic E-state index is 12.7. The van der Waals surface area contributed by atoms with Crippen LogP contribution in [0.1, 0.15) is 23.6 Å². The highest BCUT2D eigenvalue weighted by Crippen LogP contribution is 2.39. The van der Waals surface area contributed by atoms with Crippen molar-refractivity contribution in [2.75, 3.05) is 21.3 Å². The molecule has 3 rings (SSSR count). The number of benzene rings is 2. The summed E-state index contributed by atoms with van der Waals surface area (Å²) in [5, 5.41) is 0. The van der Waals surface area contributed by atoms with Crippen molar-refractivity contribution < 1.29 is 22.6 Å². The molecule has 1 aliphatic rings. The standard InChI is InChI=1S/C18H21NO5S/c1-22-13-5-7-14(8-6-13)25(20,21)19-16-9-4-12-10-17(23-2)18(24-3)11-15(12)16/h5-8,10-11,16,19H,4,9H2,1-3H3. The van der Waals surface area contributed by atoms with Gasteiger partial charge in [0.25, 0.3) is 0 Å². The van der Waals surface area contributed by atoms with E-state index in [1.165, 1.54) is 12.1 Å². The predicted molar refractivity (Wildman–Crippen MR) is 93.9 cm³/mol. The normalized spacial score (nSPS) is 16.4. The van der Waals surface area contributed by atoms with E-state index >= 15 is 0 Å². The van der Waals surface area contributed by atoms with Gasteiger partial charge in [0.15, 0.2) is 11.5 Å². The second-order valence-corrected chi connectivity index (χ2v) is 7.51. The van der Waals surface area contributed by atoms with Crippen LogP contribution in [0.25, 0.3) is 0 Å². The predicted octanol–water partition coefficient (Wildman–Crippen LogP) is 2.68. The van der Waals surface area contributed by atoms with E-state index in [0.29, 0.717) is 23.7 Å². The van der Waals surface area contributed by atoms with Crippen LogP contribution in [0.15, 0.2) is 41.3 Å². The van der Waals surface area contributed by atoms with Crippen LogP contribution in [-0.2, 0) is 16.4 Å². The molecule has 0 radical (unpaired) electrons. The molecule has 0 aliphatic heterocycles. The van der Waals surface area contributed by atoms with Crippen molar-refractivity contribution in [1.82, 2.24) is 4.72 Å². The number of aryl methyl sites for hydroxylation is 1. The van der Waals surface area contributed by atoms with Crippen molar-refractivity contribution in [3.05, 3.63) is 47.5 Å². The first-order valence-corrected chi connectivity index (χ1v) is 9.38. The molecule has 0 fully saturated rings. The van der Waals surface area contributed by atoms with Crippen molar-refractivity contribution in [1.29, 1.82) is 0 Å². The lowest BCUT2D eigenvalue weighted by molar-refractivity contribution is 0.354. The van der Waals surface area contributed by atoms with Gasteiger partial charge >= 0.3 is 0 Å². The van der Waals surface area contributed by atoms with E-state index in [9.17, 15) is 8.42 Å². The lowest BCUT2D eigenvalue weighted by atomic mass is 10.1. The zero-order valence-corrected chi connectivity index (χ0v) is 15.2. The molecule has 1 N–H and O–H groups in total. The van der Waals surface area contributed by atoms with Crippen LogP contribution in [0.2, 0.25) is 0 Å². The van der Waals surface area contributed by atoms with Crippen LogP contribution in [-0.4, -0.2) is 29.7 Å². The summed E-state index contributed by atoms with van der Waals surface area (Å²) in [7, 11) is 1.07. The third-order valence-corrected chi connectivity index (χ3v) is 5.88. The number of hydrogen-bond donors (Lipinski definition) is 1. The van der Waals surface area contributed by atoms with E-state index in [0.717, 1.165) is 17.5 Å². The maximum atomic E-state index is 12.7. The molecule has 2 aromatic rings. The summed E-state index contributed by atoms with van der Waals surface area (Å²) in [5.74, 6) is 1.86. The van der Waals surface area contributed by atoms with Crippen LogP contribution >= 0.6 is 0 Å². The Balaban J connectivity index is 1.87. The molecule has 1 atom stereocenters. The fourth-order valence-corrected chi connectivity index (χ4v) is 4.32. The molecule has 0 spiro atoms. The van der Waals surface area contributed by atoms with Crippen molar-refractivity contribution >= 4 is 10.0 Å². The summed E-state index contributed by atoms with van der Waals surface area (Å²) in [6.45, 7) is 0. The molecule has 0 aromatic heterocycles. The molecule has 25 heavy (non-hydrogen) atoms. The molecule has 1 unspecified atom stereocenters. The molecule has 0 saturated heterocycles. The number of ether oxygens (including phenoxy) is 3. The lowest BCUT2D eigenvalue weighted by Crippen LogP contribution is -2.27. The molecule has 0 saturated carbocycles. The van der Waals surface area contributed by atoms with Gasteiger partial charge in [0, 0.05) is 6.04 Å². The summed E-state index contributed by atoms with van der Waals surface area (Å²) in [6.07, 6.45) is 1.48. The molecule has 0 bridgehead atoms. The van der Waals surface area contributed by atoms with Crippen LogP contribution < -0.4 is 18.9 Å². The van der Waals surface area contributed by atoms with E-state index in [1.807, 2.05) is 12.1 Å². The molecule has 7 heteroatoms. The third kappa shape index (κ3) is 3.43. The largest absolute Gasteiger partial charge is 0.497 e. The van der Waals surface area contributed by atoms with Crippen molar-refractivity contribution in [3.8, 4) is 17.2 Å². The summed E-state index contributed by atoms with van der Waals surface area (Å²) in [6, 6.07) is 9.80. The monoisotopic (exact) mass is 363 g/mol. The summed E-state index contributed by atoms with van der Waals surface area (Å²) in [5.41, 5.74) is 2.00. The second-order valence-electron chi connectivity index (χ2n) is 5.79. The van der Waals surface area contributed by atoms with Crippen molar-refractivity contribution in [2.24, 2.45) is 0 Å². The fraction of sp³-hybridized carbons (Fsp3) is 0.333. The molecular weight excluding hydrogens is 342 g/mol. The Bertz CT molecular complexity index is 862. The Morgan fingerprint density at radius 2 is 1.60 bits per heavy atom. The minimum absolute atomic E-state index is 0.210. The Morgan fingerprint density at radius 1 is 0.960 bits per heavy atom. The van der Waals surface area contributed by atoms with Gasteiger partial charge in [-0.3, -0.25) is 0 Å². The first kappa shape index (κ1) is 17.6. The first-order chi connectivity index (χ1) is 12.0. The zero-order valence-electron chi connectivity index (χ0n) is 14.4. The van der Waals surface area contributed by atoms with Gasteiger partial charge in [0.2, 0.25) is 10.0 Å². The van der Waals surface area contributed by atoms with Crippen LogP contribution in [0, 0.1) is 0 Å². The van der Waals surface area contributed by atoms with Gasteiger partial charge in [-0.2, -0.15) is 0 Å². The average molecular weight is 363 g/mol. The molecular formula is C18H21NO5S. The number of methoxy groups -OCH3 is 3. The van der Waals surface area contributed by atoms with Crippen LogP contribution in [0.3, 0.4) is 0 Å². The highest BCUT2D eigenvalue weighted by atomic mass is 32.2. The van der Waals surface area contributed by atoms with Crippen molar-refractivity contribution in [3.63, 3.8) is 0 Å². The Kier molecular flexibility index (Phi) is 4.87. The van der Waals surface area contributed by atoms with Gasteiger partial charge in [-0.1, -0.05) is 0 Å². The minimum Gasteiger partial charge on any atom is -0.497 e. The van der Waals surface area contributed by atoms with Gasteiger partial charge in [0.1, 0.15) is 5.75 Å². The Labute approximate surface area is 147 Å². The van der Waals surface area contributed by atoms with E-state index in [2.05, 4.69) is 4.72 Å². The number of nitrogens with one attached hydrogen (secondary N) is 1. The van der Waals surface area contributed by atoms with Crippen LogP contribution in [0.4, 0.5) is 0 Å². The Hall–Kier alpha value is -2.25. The van der Waals surface area contributed by atoms with E-state index in [1.54, 1.807) is 33.5 Å². The fourth-order valence-electron chi connectivity index (χ4n) is 3.07. The van der Waals surface area contributed by atoms with Gasteiger partial charge < -0.3 is 14.2 Å². The quantitative estimate of drug-likeness (QED) is 0.854. The smallest absolute Gasteiger partial charge is 0.241 e. The molecule has 6 nitrogen and oxygen atoms in total. The summed E-state index contributed by atoms with van der Waals surface area (Å²) < 4.78 is 43.8. The SMILES string of the molecule is COc1ccc(S(=O)(=O)NC2CCc3cc(OC)c(OC)cc32)cc1. The highest BCUT2D eigenvalue weighted by molar-refractivity contribution is 7.89. The Morgan fingerprint density at radius 3 is 2.20 bits per heavy atom. The first-order valence-electron chi connectivity index (χ1n) is 7.89. The molecule has 2 aromatic carbocycles. The van der Waals surface area contributed by atoms with Gasteiger partial charge in [0.05, 0.1) is 26.2 Å². The molecule has 1 aliphatic carbocycles. The summed E-state index contributed by atoms with van der Waals surface area (Å²) >= 11 is 0. The number of hydrogen-bond acceptors (Lipinski definition) is 5. The lowest BCUT2D eigenvalue weighted by Gasteiger charge is -2.16. The third-order valence-electron chi connectivity index (χ3n) is 4.39. The van der Waals surface area contributed by atoms with E-state index in [-0.39, 0.29) is 10.9 Å². The van der Waals surface area contributed by atoms with Crippen molar-refractivity contribution in [2.45, 2.75) is 23.8 Å². The topological polar surface area (TPSA) is 73.9 Å². The van der Waals surface area contributed by atoms with Gasteiger partial charge in [-0.05, 0) is 60.4 Å². The van der Waals surface area contributed by atoms with Gasteiger partial charge in [-0.15, -0.1) is 0 Å². The number of rotatable bonds is 6. The zero-order chi connectivity index (χ0) is 18.0. The molecule has 0 heterocycles. The van der Waals surface area contributed by atoms with E-state index in [4.69, 9.17) is 14.2 Å². The highest BCUT2D eigenvalue weighted by Gasteiger charge is 2.29. The van der Waals surface area contributed by atoms with Gasteiger partial charge in [-0.25, -0.2) is 13.1 Å². The number of fused-ring (bicyclic) bond motifs is 1. The number of sulfonamides is 1. The second kappa shape index (κ2) is 6.93. The van der Waals surface area contributed by atoms with E-state index < -0.39 is 10.0 Å².